The summed E-state index contributed by atoms with van der Waals surface area (Å²) in [6.07, 6.45) is 14.3. The van der Waals surface area contributed by atoms with E-state index in [-0.39, 0.29) is 0 Å². The average molecular weight is 280 g/mol. The van der Waals surface area contributed by atoms with Crippen LogP contribution in [-0.2, 0) is 0 Å². The highest BCUT2D eigenvalue weighted by Crippen LogP contribution is 2.28. The molecule has 0 bridgehead atoms. The molecule has 0 amide bonds. The number of unbranched alkanes of at least 4 members (excludes halogenated alkanes) is 1. The molecule has 0 aromatic carbocycles. The first-order valence-electron chi connectivity index (χ1n) is 9.32. The van der Waals surface area contributed by atoms with Crippen LogP contribution in [0.1, 0.15) is 78.1 Å². The van der Waals surface area contributed by atoms with Crippen LogP contribution in [0, 0.1) is 5.92 Å². The molecule has 20 heavy (non-hydrogen) atoms. The van der Waals surface area contributed by atoms with E-state index < -0.39 is 0 Å². The van der Waals surface area contributed by atoms with Crippen molar-refractivity contribution in [1.82, 2.24) is 10.2 Å². The molecule has 2 nitrogen and oxygen atoms in total. The summed E-state index contributed by atoms with van der Waals surface area (Å²) in [6, 6.07) is 1.64. The summed E-state index contributed by atoms with van der Waals surface area (Å²) >= 11 is 0. The Kier molecular flexibility index (Phi) is 7.37. The lowest BCUT2D eigenvalue weighted by atomic mass is 9.83. The van der Waals surface area contributed by atoms with Gasteiger partial charge in [0, 0.05) is 31.7 Å². The third-order valence-electron chi connectivity index (χ3n) is 5.48. The summed E-state index contributed by atoms with van der Waals surface area (Å²) in [7, 11) is 0. The van der Waals surface area contributed by atoms with E-state index in [2.05, 4.69) is 24.1 Å². The molecular weight excluding hydrogens is 244 g/mol. The summed E-state index contributed by atoms with van der Waals surface area (Å²) in [5, 5.41) is 3.83. The lowest BCUT2D eigenvalue weighted by Gasteiger charge is -2.42. The Balaban J connectivity index is 1.86. The molecule has 1 saturated carbocycles. The van der Waals surface area contributed by atoms with Crippen molar-refractivity contribution in [3.05, 3.63) is 0 Å². The Morgan fingerprint density at radius 2 is 1.85 bits per heavy atom. The number of nitrogens with zero attached hydrogens (tertiary/aromatic N) is 1. The van der Waals surface area contributed by atoms with Crippen LogP contribution in [0.4, 0.5) is 0 Å². The Labute approximate surface area is 126 Å². The van der Waals surface area contributed by atoms with Crippen molar-refractivity contribution in [3.63, 3.8) is 0 Å². The van der Waals surface area contributed by atoms with Gasteiger partial charge >= 0.3 is 0 Å². The number of hydrogen-bond acceptors (Lipinski definition) is 2. The molecule has 1 aliphatic heterocycles. The molecule has 2 unspecified atom stereocenters. The minimum atomic E-state index is 0.782. The minimum Gasteiger partial charge on any atom is -0.311 e. The van der Waals surface area contributed by atoms with Crippen molar-refractivity contribution in [2.24, 2.45) is 5.92 Å². The van der Waals surface area contributed by atoms with Gasteiger partial charge in [0.15, 0.2) is 0 Å². The highest BCUT2D eigenvalue weighted by molar-refractivity contribution is 4.88. The SMILES string of the molecule is CCCCC(CCC)N1CCNC(C2CCCCC2)C1. The standard InChI is InChI=1S/C18H36N2/c1-3-5-12-17(9-4-2)20-14-13-19-18(15-20)16-10-7-6-8-11-16/h16-19H,3-15H2,1-2H3. The normalized spacial score (nSPS) is 27.6. The van der Waals surface area contributed by atoms with Gasteiger partial charge in [-0.15, -0.1) is 0 Å². The van der Waals surface area contributed by atoms with Crippen LogP contribution in [0.5, 0.6) is 0 Å². The van der Waals surface area contributed by atoms with E-state index in [1.807, 2.05) is 0 Å². The predicted octanol–water partition coefficient (Wildman–Crippen LogP) is 4.20. The van der Waals surface area contributed by atoms with Crippen LogP contribution in [0.2, 0.25) is 0 Å². The second-order valence-corrected chi connectivity index (χ2v) is 7.04. The Morgan fingerprint density at radius 3 is 2.55 bits per heavy atom. The zero-order valence-corrected chi connectivity index (χ0v) is 13.9. The van der Waals surface area contributed by atoms with Crippen LogP contribution in [0.25, 0.3) is 0 Å². The van der Waals surface area contributed by atoms with Gasteiger partial charge in [0.2, 0.25) is 0 Å². The van der Waals surface area contributed by atoms with Crippen molar-refractivity contribution >= 4 is 0 Å². The zero-order chi connectivity index (χ0) is 14.2. The molecule has 1 N–H and O–H groups in total. The van der Waals surface area contributed by atoms with Crippen LogP contribution >= 0.6 is 0 Å². The van der Waals surface area contributed by atoms with Crippen molar-refractivity contribution in [1.29, 1.82) is 0 Å². The van der Waals surface area contributed by atoms with Crippen LogP contribution in [0.15, 0.2) is 0 Å². The third kappa shape index (κ3) is 4.73. The number of piperazine rings is 1. The summed E-state index contributed by atoms with van der Waals surface area (Å²) in [6.45, 7) is 8.48. The molecule has 2 fully saturated rings. The van der Waals surface area contributed by atoms with Crippen LogP contribution < -0.4 is 5.32 Å². The predicted molar refractivity (Wildman–Crippen MR) is 88.2 cm³/mol. The first-order valence-corrected chi connectivity index (χ1v) is 9.32. The fourth-order valence-corrected chi connectivity index (χ4v) is 4.27. The Bertz CT molecular complexity index is 248. The highest BCUT2D eigenvalue weighted by atomic mass is 15.2. The molecule has 2 rings (SSSR count). The van der Waals surface area contributed by atoms with Gasteiger partial charge < -0.3 is 5.32 Å². The van der Waals surface area contributed by atoms with Gasteiger partial charge in [-0.25, -0.2) is 0 Å². The van der Waals surface area contributed by atoms with E-state index in [1.165, 1.54) is 83.8 Å². The van der Waals surface area contributed by atoms with Crippen LogP contribution in [0.3, 0.4) is 0 Å². The molecule has 1 aliphatic carbocycles. The first kappa shape index (κ1) is 16.3. The molecule has 118 valence electrons. The molecule has 0 spiro atoms. The van der Waals surface area contributed by atoms with Gasteiger partial charge in [-0.1, -0.05) is 52.4 Å². The number of hydrogen-bond donors (Lipinski definition) is 1. The fraction of sp³-hybridized carbons (Fsp3) is 1.00. The monoisotopic (exact) mass is 280 g/mol. The van der Waals surface area contributed by atoms with E-state index in [1.54, 1.807) is 0 Å². The second-order valence-electron chi connectivity index (χ2n) is 7.04. The van der Waals surface area contributed by atoms with E-state index in [0.29, 0.717) is 0 Å². The smallest absolute Gasteiger partial charge is 0.0223 e. The second kappa shape index (κ2) is 9.04. The molecule has 0 radical (unpaired) electrons. The quantitative estimate of drug-likeness (QED) is 0.752. The van der Waals surface area contributed by atoms with Crippen molar-refractivity contribution in [3.8, 4) is 0 Å². The topological polar surface area (TPSA) is 15.3 Å². The maximum absolute atomic E-state index is 3.83. The number of nitrogens with one attached hydrogen (secondary N) is 1. The van der Waals surface area contributed by atoms with Gasteiger partial charge in [-0.05, 0) is 31.6 Å². The van der Waals surface area contributed by atoms with Crippen LogP contribution in [-0.4, -0.2) is 36.6 Å². The Hall–Kier alpha value is -0.0800. The molecule has 2 heteroatoms. The molecule has 1 heterocycles. The summed E-state index contributed by atoms with van der Waals surface area (Å²) in [5.41, 5.74) is 0. The first-order chi connectivity index (χ1) is 9.85. The summed E-state index contributed by atoms with van der Waals surface area (Å²) < 4.78 is 0. The van der Waals surface area contributed by atoms with Crippen molar-refractivity contribution in [2.75, 3.05) is 19.6 Å². The summed E-state index contributed by atoms with van der Waals surface area (Å²) in [5.74, 6) is 0.958. The maximum atomic E-state index is 3.83. The molecule has 1 saturated heterocycles. The lowest BCUT2D eigenvalue weighted by Crippen LogP contribution is -2.56. The largest absolute Gasteiger partial charge is 0.311 e. The van der Waals surface area contributed by atoms with E-state index >= 15 is 0 Å². The average Bonchev–Trinajstić information content (AvgIpc) is 2.52. The van der Waals surface area contributed by atoms with E-state index in [4.69, 9.17) is 0 Å². The fourth-order valence-electron chi connectivity index (χ4n) is 4.27. The molecule has 2 atom stereocenters. The molecular formula is C18H36N2. The van der Waals surface area contributed by atoms with Gasteiger partial charge in [-0.2, -0.15) is 0 Å². The molecule has 0 aromatic rings. The van der Waals surface area contributed by atoms with E-state index in [9.17, 15) is 0 Å². The number of rotatable bonds is 7. The molecule has 2 aliphatic rings. The molecule has 0 aromatic heterocycles. The Morgan fingerprint density at radius 1 is 1.05 bits per heavy atom. The van der Waals surface area contributed by atoms with Crippen molar-refractivity contribution in [2.45, 2.75) is 90.1 Å². The van der Waals surface area contributed by atoms with Gasteiger partial charge in [0.1, 0.15) is 0 Å². The lowest BCUT2D eigenvalue weighted by molar-refractivity contribution is 0.0975. The highest BCUT2D eigenvalue weighted by Gasteiger charge is 2.30. The van der Waals surface area contributed by atoms with Gasteiger partial charge in [0.05, 0.1) is 0 Å². The van der Waals surface area contributed by atoms with E-state index in [0.717, 1.165) is 18.0 Å². The van der Waals surface area contributed by atoms with Gasteiger partial charge in [0.25, 0.3) is 0 Å². The minimum absolute atomic E-state index is 0.782. The third-order valence-corrected chi connectivity index (χ3v) is 5.48. The van der Waals surface area contributed by atoms with Gasteiger partial charge in [-0.3, -0.25) is 4.90 Å². The summed E-state index contributed by atoms with van der Waals surface area (Å²) in [4.78, 5) is 2.83. The van der Waals surface area contributed by atoms with Crippen molar-refractivity contribution < 1.29 is 0 Å². The zero-order valence-electron chi connectivity index (χ0n) is 13.9. The maximum Gasteiger partial charge on any atom is 0.0223 e.